The molecule has 94 valence electrons. The van der Waals surface area contributed by atoms with Gasteiger partial charge in [0.1, 0.15) is 0 Å². The molecular weight excluding hydrogens is 314 g/mol. The zero-order valence-corrected chi connectivity index (χ0v) is 12.7. The average Bonchev–Trinajstić information content (AvgIpc) is 2.90. The Kier molecular flexibility index (Phi) is 2.74. The summed E-state index contributed by atoms with van der Waals surface area (Å²) in [7, 11) is 0. The molecule has 0 aliphatic carbocycles. The van der Waals surface area contributed by atoms with E-state index in [0.29, 0.717) is 0 Å². The number of halogens is 1. The summed E-state index contributed by atoms with van der Waals surface area (Å²) in [5.41, 5.74) is 4.22. The summed E-state index contributed by atoms with van der Waals surface area (Å²) in [6.45, 7) is 7.06. The third-order valence-corrected chi connectivity index (χ3v) is 4.31. The third kappa shape index (κ3) is 1.69. The normalized spacial score (nSPS) is 11.6. The standard InChI is InChI=1S/C11H12BrN5S/c1-4-16-7(3)9(6(2)14-16)8-5-17-11(13-8)18-10(12)15-17/h5H,4H2,1-3H3. The molecule has 0 unspecified atom stereocenters. The van der Waals surface area contributed by atoms with Crippen molar-refractivity contribution in [1.29, 1.82) is 0 Å². The van der Waals surface area contributed by atoms with Gasteiger partial charge in [0, 0.05) is 17.8 Å². The van der Waals surface area contributed by atoms with E-state index >= 15 is 0 Å². The molecule has 18 heavy (non-hydrogen) atoms. The van der Waals surface area contributed by atoms with E-state index in [2.05, 4.69) is 45.0 Å². The Bertz CT molecular complexity index is 692. The highest BCUT2D eigenvalue weighted by atomic mass is 79.9. The molecule has 0 saturated carbocycles. The molecule has 0 atom stereocenters. The van der Waals surface area contributed by atoms with Gasteiger partial charge in [0.15, 0.2) is 3.92 Å². The molecule has 0 radical (unpaired) electrons. The fourth-order valence-electron chi connectivity index (χ4n) is 2.17. The van der Waals surface area contributed by atoms with Crippen LogP contribution in [0.15, 0.2) is 10.1 Å². The van der Waals surface area contributed by atoms with E-state index < -0.39 is 0 Å². The lowest BCUT2D eigenvalue weighted by molar-refractivity contribution is 0.634. The quantitative estimate of drug-likeness (QED) is 0.727. The summed E-state index contributed by atoms with van der Waals surface area (Å²) >= 11 is 4.88. The van der Waals surface area contributed by atoms with Crippen molar-refractivity contribution in [2.75, 3.05) is 0 Å². The number of fused-ring (bicyclic) bond motifs is 1. The van der Waals surface area contributed by atoms with Gasteiger partial charge in [0.25, 0.3) is 0 Å². The molecule has 0 aliphatic heterocycles. The smallest absolute Gasteiger partial charge is 0.213 e. The van der Waals surface area contributed by atoms with Gasteiger partial charge in [0.2, 0.25) is 4.96 Å². The van der Waals surface area contributed by atoms with E-state index in [0.717, 1.165) is 38.1 Å². The second kappa shape index (κ2) is 4.17. The van der Waals surface area contributed by atoms with Crippen LogP contribution in [0.2, 0.25) is 0 Å². The van der Waals surface area contributed by atoms with Crippen LogP contribution in [-0.4, -0.2) is 24.4 Å². The Labute approximate surface area is 117 Å². The second-order valence-electron chi connectivity index (χ2n) is 4.07. The molecule has 3 aromatic heterocycles. The highest BCUT2D eigenvalue weighted by molar-refractivity contribution is 9.11. The van der Waals surface area contributed by atoms with Crippen LogP contribution in [0, 0.1) is 13.8 Å². The van der Waals surface area contributed by atoms with Gasteiger partial charge in [-0.3, -0.25) is 4.68 Å². The van der Waals surface area contributed by atoms with Crippen molar-refractivity contribution in [2.24, 2.45) is 0 Å². The maximum atomic E-state index is 4.61. The van der Waals surface area contributed by atoms with E-state index in [1.807, 2.05) is 17.8 Å². The molecule has 0 bridgehead atoms. The third-order valence-electron chi connectivity index (χ3n) is 2.96. The highest BCUT2D eigenvalue weighted by Gasteiger charge is 2.16. The van der Waals surface area contributed by atoms with Crippen LogP contribution in [0.25, 0.3) is 16.2 Å². The molecule has 0 fully saturated rings. The van der Waals surface area contributed by atoms with Gasteiger partial charge in [-0.25, -0.2) is 9.50 Å². The van der Waals surface area contributed by atoms with Crippen LogP contribution in [0.3, 0.4) is 0 Å². The van der Waals surface area contributed by atoms with E-state index in [1.165, 1.54) is 11.3 Å². The molecule has 0 saturated heterocycles. The first-order chi connectivity index (χ1) is 8.60. The van der Waals surface area contributed by atoms with Gasteiger partial charge in [-0.15, -0.1) is 5.10 Å². The predicted octanol–water partition coefficient (Wildman–Crippen LogP) is 3.05. The van der Waals surface area contributed by atoms with Gasteiger partial charge in [-0.05, 0) is 36.7 Å². The van der Waals surface area contributed by atoms with Crippen molar-refractivity contribution in [3.63, 3.8) is 0 Å². The minimum atomic E-state index is 0.842. The molecule has 0 N–H and O–H groups in total. The first-order valence-electron chi connectivity index (χ1n) is 5.66. The Morgan fingerprint density at radius 3 is 2.72 bits per heavy atom. The van der Waals surface area contributed by atoms with E-state index in [-0.39, 0.29) is 0 Å². The lowest BCUT2D eigenvalue weighted by Crippen LogP contribution is -1.98. The van der Waals surface area contributed by atoms with Crippen LogP contribution in [0.5, 0.6) is 0 Å². The van der Waals surface area contributed by atoms with Crippen molar-refractivity contribution in [1.82, 2.24) is 24.4 Å². The summed E-state index contributed by atoms with van der Waals surface area (Å²) in [6, 6.07) is 0. The Hall–Kier alpha value is -1.21. The number of rotatable bonds is 2. The molecule has 5 nitrogen and oxygen atoms in total. The molecule has 3 heterocycles. The van der Waals surface area contributed by atoms with E-state index in [1.54, 1.807) is 4.52 Å². The largest absolute Gasteiger partial charge is 0.269 e. The lowest BCUT2D eigenvalue weighted by Gasteiger charge is -1.99. The molecule has 0 amide bonds. The van der Waals surface area contributed by atoms with Crippen molar-refractivity contribution >= 4 is 32.2 Å². The maximum absolute atomic E-state index is 4.61. The van der Waals surface area contributed by atoms with Gasteiger partial charge in [-0.2, -0.15) is 5.10 Å². The number of nitrogens with zero attached hydrogens (tertiary/aromatic N) is 5. The van der Waals surface area contributed by atoms with Gasteiger partial charge < -0.3 is 0 Å². The molecule has 7 heteroatoms. The average molecular weight is 326 g/mol. The molecule has 3 aromatic rings. The lowest BCUT2D eigenvalue weighted by atomic mass is 10.1. The number of hydrogen-bond acceptors (Lipinski definition) is 4. The van der Waals surface area contributed by atoms with Gasteiger partial charge in [-0.1, -0.05) is 11.3 Å². The summed E-state index contributed by atoms with van der Waals surface area (Å²) in [5, 5.41) is 8.83. The summed E-state index contributed by atoms with van der Waals surface area (Å²) < 4.78 is 4.64. The number of imidazole rings is 1. The maximum Gasteiger partial charge on any atom is 0.213 e. The molecule has 0 aliphatic rings. The van der Waals surface area contributed by atoms with Crippen molar-refractivity contribution < 1.29 is 0 Å². The van der Waals surface area contributed by atoms with Crippen molar-refractivity contribution in [2.45, 2.75) is 27.3 Å². The summed E-state index contributed by atoms with van der Waals surface area (Å²) in [4.78, 5) is 5.50. The first-order valence-corrected chi connectivity index (χ1v) is 7.27. The van der Waals surface area contributed by atoms with E-state index in [4.69, 9.17) is 0 Å². The monoisotopic (exact) mass is 325 g/mol. The van der Waals surface area contributed by atoms with Crippen LogP contribution < -0.4 is 0 Å². The van der Waals surface area contributed by atoms with Crippen molar-refractivity contribution in [3.8, 4) is 11.3 Å². The van der Waals surface area contributed by atoms with Crippen molar-refractivity contribution in [3.05, 3.63) is 21.5 Å². The minimum Gasteiger partial charge on any atom is -0.269 e. The highest BCUT2D eigenvalue weighted by Crippen LogP contribution is 2.28. The summed E-state index contributed by atoms with van der Waals surface area (Å²) in [6.07, 6.45) is 1.95. The fourth-order valence-corrected chi connectivity index (χ4v) is 3.39. The van der Waals surface area contributed by atoms with Crippen LogP contribution >= 0.6 is 27.3 Å². The number of aromatic nitrogens is 5. The molecule has 0 aromatic carbocycles. The number of aryl methyl sites for hydroxylation is 2. The second-order valence-corrected chi connectivity index (χ2v) is 6.30. The Balaban J connectivity index is 2.19. The van der Waals surface area contributed by atoms with Crippen LogP contribution in [0.4, 0.5) is 0 Å². The Morgan fingerprint density at radius 2 is 2.11 bits per heavy atom. The fraction of sp³-hybridized carbons (Fsp3) is 0.364. The van der Waals surface area contributed by atoms with Gasteiger partial charge in [0.05, 0.1) is 17.6 Å². The molecule has 0 spiro atoms. The topological polar surface area (TPSA) is 48.0 Å². The number of hydrogen-bond donors (Lipinski definition) is 0. The predicted molar refractivity (Wildman–Crippen MR) is 74.9 cm³/mol. The zero-order valence-electron chi connectivity index (χ0n) is 10.3. The molecular formula is C11H12BrN5S. The minimum absolute atomic E-state index is 0.842. The SMILES string of the molecule is CCn1nc(C)c(-c2cn3nc(Br)sc3n2)c1C. The zero-order chi connectivity index (χ0) is 12.9. The van der Waals surface area contributed by atoms with Crippen LogP contribution in [0.1, 0.15) is 18.3 Å². The van der Waals surface area contributed by atoms with E-state index in [9.17, 15) is 0 Å². The summed E-state index contributed by atoms with van der Waals surface area (Å²) in [5.74, 6) is 0. The van der Waals surface area contributed by atoms with Crippen LogP contribution in [-0.2, 0) is 6.54 Å². The van der Waals surface area contributed by atoms with Gasteiger partial charge >= 0.3 is 0 Å². The molecule has 3 rings (SSSR count). The Morgan fingerprint density at radius 1 is 1.33 bits per heavy atom. The first kappa shape index (κ1) is 11.9.